The highest BCUT2D eigenvalue weighted by Gasteiger charge is 2.29. The molecule has 0 aliphatic carbocycles. The van der Waals surface area contributed by atoms with E-state index in [1.165, 1.54) is 45.3 Å². The molecule has 0 amide bonds. The third-order valence-corrected chi connectivity index (χ3v) is 6.39. The fourth-order valence-electron chi connectivity index (χ4n) is 2.30. The summed E-state index contributed by atoms with van der Waals surface area (Å²) in [6.45, 7) is 1.53. The molecule has 2 rings (SSSR count). The second-order valence-corrected chi connectivity index (χ2v) is 7.88. The first-order valence-electron chi connectivity index (χ1n) is 7.40. The molecule has 0 saturated heterocycles. The minimum atomic E-state index is -4.06. The summed E-state index contributed by atoms with van der Waals surface area (Å²) in [6, 6.07) is 6.05. The number of ether oxygens (including phenoxy) is 1. The van der Waals surface area contributed by atoms with E-state index in [0.29, 0.717) is 0 Å². The van der Waals surface area contributed by atoms with Crippen molar-refractivity contribution in [2.45, 2.75) is 17.9 Å². The molecular weight excluding hydrogens is 388 g/mol. The molecule has 1 atom stereocenters. The van der Waals surface area contributed by atoms with Crippen LogP contribution in [0.1, 0.15) is 28.9 Å². The first kappa shape index (κ1) is 20.3. The molecule has 0 fully saturated rings. The van der Waals surface area contributed by atoms with Gasteiger partial charge in [-0.05, 0) is 42.8 Å². The van der Waals surface area contributed by atoms with Gasteiger partial charge in [0.15, 0.2) is 11.6 Å². The van der Waals surface area contributed by atoms with Crippen LogP contribution in [0.4, 0.5) is 8.78 Å². The quantitative estimate of drug-likeness (QED) is 0.712. The van der Waals surface area contributed by atoms with Crippen LogP contribution in [0.3, 0.4) is 0 Å². The van der Waals surface area contributed by atoms with Gasteiger partial charge in [-0.2, -0.15) is 4.31 Å². The highest BCUT2D eigenvalue weighted by atomic mass is 35.5. The Kier molecular flexibility index (Phi) is 6.00. The summed E-state index contributed by atoms with van der Waals surface area (Å²) >= 11 is 6.03. The Morgan fingerprint density at radius 1 is 1.15 bits per heavy atom. The molecule has 5 nitrogen and oxygen atoms in total. The lowest BCUT2D eigenvalue weighted by atomic mass is 10.1. The van der Waals surface area contributed by atoms with Crippen LogP contribution < -0.4 is 0 Å². The maximum absolute atomic E-state index is 13.4. The van der Waals surface area contributed by atoms with E-state index in [1.54, 1.807) is 0 Å². The maximum Gasteiger partial charge on any atom is 0.337 e. The van der Waals surface area contributed by atoms with Crippen LogP contribution >= 0.6 is 11.6 Å². The highest BCUT2D eigenvalue weighted by Crippen LogP contribution is 2.31. The summed E-state index contributed by atoms with van der Waals surface area (Å²) in [4.78, 5) is 11.3. The monoisotopic (exact) mass is 403 g/mol. The minimum absolute atomic E-state index is 0.104. The van der Waals surface area contributed by atoms with Crippen molar-refractivity contribution in [2.24, 2.45) is 0 Å². The molecule has 9 heteroatoms. The fraction of sp³-hybridized carbons (Fsp3) is 0.235. The second kappa shape index (κ2) is 7.69. The zero-order valence-corrected chi connectivity index (χ0v) is 15.7. The zero-order valence-electron chi connectivity index (χ0n) is 14.2. The van der Waals surface area contributed by atoms with Crippen molar-refractivity contribution >= 4 is 27.6 Å². The van der Waals surface area contributed by atoms with Crippen LogP contribution in [0.15, 0.2) is 41.3 Å². The molecule has 2 aromatic carbocycles. The second-order valence-electron chi connectivity index (χ2n) is 5.51. The third-order valence-electron chi connectivity index (χ3n) is 3.98. The average molecular weight is 404 g/mol. The van der Waals surface area contributed by atoms with E-state index in [0.717, 1.165) is 16.4 Å². The number of hydrogen-bond donors (Lipinski definition) is 0. The van der Waals surface area contributed by atoms with Crippen LogP contribution in [0.5, 0.6) is 0 Å². The van der Waals surface area contributed by atoms with Gasteiger partial charge in [0.05, 0.1) is 17.7 Å². The molecule has 0 heterocycles. The summed E-state index contributed by atoms with van der Waals surface area (Å²) in [5, 5.41) is -0.155. The molecule has 0 aliphatic rings. The van der Waals surface area contributed by atoms with Gasteiger partial charge in [0.2, 0.25) is 10.0 Å². The maximum atomic E-state index is 13.4. The number of carbonyl (C=O) groups excluding carboxylic acids is 1. The standard InChI is InChI=1S/C17H16ClF2NO4S/c1-10(11-4-6-14(19)15(20)9-11)21(2)26(23,24)16-7-5-12(8-13(16)18)17(22)25-3/h4-10H,1-3H3. The molecule has 1 unspecified atom stereocenters. The van der Waals surface area contributed by atoms with Crippen molar-refractivity contribution in [3.05, 3.63) is 64.2 Å². The van der Waals surface area contributed by atoms with Gasteiger partial charge in [-0.15, -0.1) is 0 Å². The number of halogens is 3. The Morgan fingerprint density at radius 2 is 1.81 bits per heavy atom. The van der Waals surface area contributed by atoms with E-state index >= 15 is 0 Å². The van der Waals surface area contributed by atoms with Crippen LogP contribution in [0.2, 0.25) is 5.02 Å². The Morgan fingerprint density at radius 3 is 2.35 bits per heavy atom. The SMILES string of the molecule is COC(=O)c1ccc(S(=O)(=O)N(C)C(C)c2ccc(F)c(F)c2)c(Cl)c1. The molecule has 26 heavy (non-hydrogen) atoms. The normalized spacial score (nSPS) is 12.9. The van der Waals surface area contributed by atoms with Gasteiger partial charge in [0.1, 0.15) is 4.90 Å². The topological polar surface area (TPSA) is 63.7 Å². The predicted octanol–water partition coefficient (Wildman–Crippen LogP) is 3.79. The highest BCUT2D eigenvalue weighted by molar-refractivity contribution is 7.89. The minimum Gasteiger partial charge on any atom is -0.465 e. The Bertz CT molecular complexity index is 950. The molecule has 0 aromatic heterocycles. The fourth-order valence-corrected chi connectivity index (χ4v) is 4.17. The first-order valence-corrected chi connectivity index (χ1v) is 9.22. The van der Waals surface area contributed by atoms with Gasteiger partial charge in [-0.25, -0.2) is 22.0 Å². The lowest BCUT2D eigenvalue weighted by Crippen LogP contribution is -2.30. The van der Waals surface area contributed by atoms with Gasteiger partial charge >= 0.3 is 5.97 Å². The molecular formula is C17H16ClF2NO4S. The van der Waals surface area contributed by atoms with Crippen LogP contribution in [-0.2, 0) is 14.8 Å². The smallest absolute Gasteiger partial charge is 0.337 e. The van der Waals surface area contributed by atoms with E-state index in [4.69, 9.17) is 11.6 Å². The van der Waals surface area contributed by atoms with Crippen molar-refractivity contribution in [1.82, 2.24) is 4.31 Å². The van der Waals surface area contributed by atoms with Gasteiger partial charge in [0, 0.05) is 13.1 Å². The van der Waals surface area contributed by atoms with Gasteiger partial charge in [-0.1, -0.05) is 17.7 Å². The number of sulfonamides is 1. The van der Waals surface area contributed by atoms with E-state index < -0.39 is 33.7 Å². The molecule has 0 saturated carbocycles. The summed E-state index contributed by atoms with van der Waals surface area (Å²) in [5.41, 5.74) is 0.380. The van der Waals surface area contributed by atoms with Crippen LogP contribution in [0.25, 0.3) is 0 Å². The van der Waals surface area contributed by atoms with Gasteiger partial charge in [-0.3, -0.25) is 0 Å². The van der Waals surface area contributed by atoms with E-state index in [1.807, 2.05) is 0 Å². The summed E-state index contributed by atoms with van der Waals surface area (Å²) < 4.78 is 57.7. The number of benzene rings is 2. The van der Waals surface area contributed by atoms with Crippen molar-refractivity contribution in [3.8, 4) is 0 Å². The van der Waals surface area contributed by atoms with Crippen molar-refractivity contribution in [3.63, 3.8) is 0 Å². The third kappa shape index (κ3) is 3.87. The number of carbonyl (C=O) groups is 1. The molecule has 0 radical (unpaired) electrons. The zero-order chi connectivity index (χ0) is 19.6. The van der Waals surface area contributed by atoms with E-state index in [-0.39, 0.29) is 21.0 Å². The molecule has 2 aromatic rings. The lowest BCUT2D eigenvalue weighted by molar-refractivity contribution is 0.0600. The van der Waals surface area contributed by atoms with Gasteiger partial charge in [0.25, 0.3) is 0 Å². The molecule has 140 valence electrons. The molecule has 0 aliphatic heterocycles. The van der Waals surface area contributed by atoms with E-state index in [9.17, 15) is 22.0 Å². The first-order chi connectivity index (χ1) is 12.1. The number of hydrogen-bond acceptors (Lipinski definition) is 4. The largest absolute Gasteiger partial charge is 0.465 e. The number of rotatable bonds is 5. The Hall–Kier alpha value is -2.03. The number of nitrogens with zero attached hydrogens (tertiary/aromatic N) is 1. The number of esters is 1. The molecule has 0 spiro atoms. The predicted molar refractivity (Wildman–Crippen MR) is 92.5 cm³/mol. The van der Waals surface area contributed by atoms with Gasteiger partial charge < -0.3 is 4.74 Å². The summed E-state index contributed by atoms with van der Waals surface area (Å²) in [7, 11) is -1.57. The lowest BCUT2D eigenvalue weighted by Gasteiger charge is -2.25. The van der Waals surface area contributed by atoms with Crippen LogP contribution in [-0.4, -0.2) is 32.8 Å². The molecule has 0 bridgehead atoms. The Balaban J connectivity index is 2.39. The van der Waals surface area contributed by atoms with Crippen molar-refractivity contribution < 1.29 is 26.7 Å². The molecule has 0 N–H and O–H groups in total. The van der Waals surface area contributed by atoms with Crippen LogP contribution in [0, 0.1) is 11.6 Å². The summed E-state index contributed by atoms with van der Waals surface area (Å²) in [6.07, 6.45) is 0. The number of methoxy groups -OCH3 is 1. The summed E-state index contributed by atoms with van der Waals surface area (Å²) in [5.74, 6) is -2.74. The van der Waals surface area contributed by atoms with Crippen molar-refractivity contribution in [1.29, 1.82) is 0 Å². The Labute approximate surface area is 155 Å². The van der Waals surface area contributed by atoms with Crippen molar-refractivity contribution in [2.75, 3.05) is 14.2 Å². The average Bonchev–Trinajstić information content (AvgIpc) is 2.61. The van der Waals surface area contributed by atoms with E-state index in [2.05, 4.69) is 4.74 Å².